The highest BCUT2D eigenvalue weighted by molar-refractivity contribution is 5.85. The molecule has 1 aromatic heterocycles. The highest BCUT2D eigenvalue weighted by Gasteiger charge is 2.24. The number of phenols is 1. The number of aromatic hydroxyl groups is 1. The molecule has 2 rings (SSSR count). The molecule has 2 aromatic rings. The first-order valence-corrected chi connectivity index (χ1v) is 9.37. The van der Waals surface area contributed by atoms with Gasteiger partial charge in [0.25, 0.3) is 0 Å². The minimum absolute atomic E-state index is 0.0280. The molecule has 0 amide bonds. The van der Waals surface area contributed by atoms with Crippen LogP contribution in [0.3, 0.4) is 0 Å². The first-order valence-electron chi connectivity index (χ1n) is 9.37. The Balaban J connectivity index is 2.16. The zero-order chi connectivity index (χ0) is 19.5. The molecule has 4 heteroatoms. The molecule has 0 spiro atoms. The SMILES string of the molecule is C[n+]1ccn(CCCN=Cc2cc(C(C)(C)C)cc(C(C)(C)C)c2O)c1. The van der Waals surface area contributed by atoms with Gasteiger partial charge in [0.15, 0.2) is 0 Å². The Morgan fingerprint density at radius 1 is 1.12 bits per heavy atom. The van der Waals surface area contributed by atoms with E-state index in [4.69, 9.17) is 0 Å². The van der Waals surface area contributed by atoms with Crippen LogP contribution in [-0.2, 0) is 24.4 Å². The molecule has 142 valence electrons. The Labute approximate surface area is 158 Å². The summed E-state index contributed by atoms with van der Waals surface area (Å²) in [6.07, 6.45) is 8.97. The second kappa shape index (κ2) is 7.65. The summed E-state index contributed by atoms with van der Waals surface area (Å²) in [4.78, 5) is 4.57. The van der Waals surface area contributed by atoms with Crippen LogP contribution in [0, 0.1) is 0 Å². The molecule has 1 heterocycles. The van der Waals surface area contributed by atoms with E-state index >= 15 is 0 Å². The first-order chi connectivity index (χ1) is 12.0. The van der Waals surface area contributed by atoms with Gasteiger partial charge in [0.05, 0.1) is 13.6 Å². The summed E-state index contributed by atoms with van der Waals surface area (Å²) in [5, 5.41) is 10.8. The van der Waals surface area contributed by atoms with Crippen molar-refractivity contribution in [3.05, 3.63) is 47.5 Å². The molecular weight excluding hydrogens is 322 g/mol. The number of hydrogen-bond donors (Lipinski definition) is 1. The summed E-state index contributed by atoms with van der Waals surface area (Å²) in [5.74, 6) is 0.353. The number of benzene rings is 1. The summed E-state index contributed by atoms with van der Waals surface area (Å²) in [6, 6.07) is 4.21. The standard InChI is InChI=1S/C22H33N3O/c1-21(2,3)18-13-17(20(26)19(14-18)22(4,5)6)15-23-9-8-10-25-12-11-24(7)16-25/h11-16H,8-10H2,1-7H3/p+1. The van der Waals surface area contributed by atoms with Gasteiger partial charge in [-0.05, 0) is 22.5 Å². The molecule has 0 aliphatic rings. The second-order valence-corrected chi connectivity index (χ2v) is 9.17. The summed E-state index contributed by atoms with van der Waals surface area (Å²) >= 11 is 0. The van der Waals surface area contributed by atoms with Crippen LogP contribution >= 0.6 is 0 Å². The number of aliphatic imine (C=N–C) groups is 1. The predicted octanol–water partition coefficient (Wildman–Crippen LogP) is 4.12. The fourth-order valence-corrected chi connectivity index (χ4v) is 2.90. The van der Waals surface area contributed by atoms with Crippen molar-refractivity contribution in [3.63, 3.8) is 0 Å². The molecule has 0 atom stereocenters. The third-order valence-electron chi connectivity index (χ3n) is 4.57. The third-order valence-corrected chi connectivity index (χ3v) is 4.57. The van der Waals surface area contributed by atoms with Crippen LogP contribution in [0.25, 0.3) is 0 Å². The molecule has 0 aliphatic carbocycles. The fourth-order valence-electron chi connectivity index (χ4n) is 2.90. The van der Waals surface area contributed by atoms with Crippen molar-refractivity contribution in [1.82, 2.24) is 4.57 Å². The van der Waals surface area contributed by atoms with Crippen LogP contribution in [-0.4, -0.2) is 22.4 Å². The van der Waals surface area contributed by atoms with Crippen molar-refractivity contribution in [3.8, 4) is 5.75 Å². The lowest BCUT2D eigenvalue weighted by Crippen LogP contribution is -2.23. The topological polar surface area (TPSA) is 41.4 Å². The van der Waals surface area contributed by atoms with Crippen molar-refractivity contribution in [1.29, 1.82) is 0 Å². The van der Waals surface area contributed by atoms with Crippen LogP contribution in [0.15, 0.2) is 35.8 Å². The second-order valence-electron chi connectivity index (χ2n) is 9.17. The lowest BCUT2D eigenvalue weighted by Gasteiger charge is -2.27. The van der Waals surface area contributed by atoms with Gasteiger partial charge >= 0.3 is 0 Å². The summed E-state index contributed by atoms with van der Waals surface area (Å²) < 4.78 is 4.19. The van der Waals surface area contributed by atoms with Crippen molar-refractivity contribution in [2.75, 3.05) is 6.54 Å². The highest BCUT2D eigenvalue weighted by atomic mass is 16.3. The van der Waals surface area contributed by atoms with E-state index in [1.807, 2.05) is 24.0 Å². The smallest absolute Gasteiger partial charge is 0.243 e. The van der Waals surface area contributed by atoms with Gasteiger partial charge in [-0.25, -0.2) is 9.13 Å². The van der Waals surface area contributed by atoms with Gasteiger partial charge in [0.2, 0.25) is 6.33 Å². The lowest BCUT2D eigenvalue weighted by molar-refractivity contribution is -0.671. The number of nitrogens with zero attached hydrogens (tertiary/aromatic N) is 3. The van der Waals surface area contributed by atoms with Gasteiger partial charge in [-0.1, -0.05) is 47.6 Å². The minimum atomic E-state index is -0.113. The fraction of sp³-hybridized carbons (Fsp3) is 0.545. The van der Waals surface area contributed by atoms with Gasteiger partial charge in [-0.2, -0.15) is 0 Å². The Hall–Kier alpha value is -2.10. The van der Waals surface area contributed by atoms with E-state index in [1.54, 1.807) is 0 Å². The average Bonchev–Trinajstić information content (AvgIpc) is 2.91. The largest absolute Gasteiger partial charge is 0.507 e. The molecule has 4 nitrogen and oxygen atoms in total. The Bertz CT molecular complexity index is 774. The maximum absolute atomic E-state index is 10.8. The van der Waals surface area contributed by atoms with Gasteiger partial charge in [-0.3, -0.25) is 4.99 Å². The number of hydrogen-bond acceptors (Lipinski definition) is 2. The zero-order valence-electron chi connectivity index (χ0n) is 17.4. The molecule has 1 N–H and O–H groups in total. The molecule has 0 saturated carbocycles. The van der Waals surface area contributed by atoms with E-state index in [0.29, 0.717) is 5.75 Å². The molecule has 0 aliphatic heterocycles. The third kappa shape index (κ3) is 5.20. The number of aryl methyl sites for hydroxylation is 2. The molecular formula is C22H34N3O+. The number of imidazole rings is 1. The Kier molecular flexibility index (Phi) is 5.94. The number of rotatable bonds is 5. The van der Waals surface area contributed by atoms with Gasteiger partial charge < -0.3 is 5.11 Å². The van der Waals surface area contributed by atoms with E-state index in [1.165, 1.54) is 5.56 Å². The molecule has 0 bridgehead atoms. The van der Waals surface area contributed by atoms with Crippen molar-refractivity contribution in [2.45, 2.75) is 65.3 Å². The van der Waals surface area contributed by atoms with E-state index in [0.717, 1.165) is 30.6 Å². The van der Waals surface area contributed by atoms with E-state index in [9.17, 15) is 5.11 Å². The molecule has 0 radical (unpaired) electrons. The van der Waals surface area contributed by atoms with E-state index in [-0.39, 0.29) is 10.8 Å². The Morgan fingerprint density at radius 2 is 1.81 bits per heavy atom. The molecule has 0 fully saturated rings. The van der Waals surface area contributed by atoms with Crippen molar-refractivity contribution < 1.29 is 9.67 Å². The minimum Gasteiger partial charge on any atom is -0.507 e. The Morgan fingerprint density at radius 3 is 2.35 bits per heavy atom. The molecule has 0 saturated heterocycles. The molecule has 0 unspecified atom stereocenters. The molecule has 1 aromatic carbocycles. The van der Waals surface area contributed by atoms with Crippen LogP contribution in [0.4, 0.5) is 0 Å². The van der Waals surface area contributed by atoms with Crippen molar-refractivity contribution in [2.24, 2.45) is 12.0 Å². The highest BCUT2D eigenvalue weighted by Crippen LogP contribution is 2.37. The number of aromatic nitrogens is 2. The van der Waals surface area contributed by atoms with Gasteiger partial charge in [0.1, 0.15) is 18.1 Å². The quantitative estimate of drug-likeness (QED) is 0.489. The van der Waals surface area contributed by atoms with E-state index < -0.39 is 0 Å². The monoisotopic (exact) mass is 356 g/mol. The van der Waals surface area contributed by atoms with Crippen LogP contribution < -0.4 is 4.57 Å². The van der Waals surface area contributed by atoms with E-state index in [2.05, 4.69) is 75.8 Å². The van der Waals surface area contributed by atoms with Crippen LogP contribution in [0.2, 0.25) is 0 Å². The summed E-state index contributed by atoms with van der Waals surface area (Å²) in [6.45, 7) is 14.7. The van der Waals surface area contributed by atoms with Crippen molar-refractivity contribution >= 4 is 6.21 Å². The molecule has 26 heavy (non-hydrogen) atoms. The first kappa shape index (κ1) is 20.2. The lowest BCUT2D eigenvalue weighted by atomic mass is 9.79. The van der Waals surface area contributed by atoms with Crippen LogP contribution in [0.1, 0.15) is 64.7 Å². The van der Waals surface area contributed by atoms with Gasteiger partial charge in [-0.15, -0.1) is 0 Å². The summed E-state index contributed by atoms with van der Waals surface area (Å²) in [5.41, 5.74) is 2.93. The maximum atomic E-state index is 10.8. The predicted molar refractivity (Wildman–Crippen MR) is 108 cm³/mol. The van der Waals surface area contributed by atoms with Gasteiger partial charge in [0, 0.05) is 30.3 Å². The number of phenolic OH excluding ortho intramolecular Hbond substituents is 1. The summed E-state index contributed by atoms with van der Waals surface area (Å²) in [7, 11) is 2.02. The van der Waals surface area contributed by atoms with Crippen LogP contribution in [0.5, 0.6) is 5.75 Å². The maximum Gasteiger partial charge on any atom is 0.243 e. The zero-order valence-corrected chi connectivity index (χ0v) is 17.4. The normalized spacial score (nSPS) is 12.9. The average molecular weight is 357 g/mol.